The Kier molecular flexibility index (Phi) is 4.33. The maximum atomic E-state index is 12.7. The number of rotatable bonds is 5. The van der Waals surface area contributed by atoms with Crippen LogP contribution in [0.1, 0.15) is 6.92 Å². The molecular formula is C19H17N5O2S. The highest BCUT2D eigenvalue weighted by atomic mass is 32.2. The summed E-state index contributed by atoms with van der Waals surface area (Å²) >= 11 is 0. The number of sulfonamides is 1. The molecule has 0 aliphatic carbocycles. The van der Waals surface area contributed by atoms with Crippen molar-refractivity contribution in [1.29, 1.82) is 0 Å². The van der Waals surface area contributed by atoms with Crippen molar-refractivity contribution in [1.82, 2.24) is 19.7 Å². The van der Waals surface area contributed by atoms with Gasteiger partial charge in [-0.1, -0.05) is 30.3 Å². The summed E-state index contributed by atoms with van der Waals surface area (Å²) in [4.78, 5) is 8.37. The third-order valence-corrected chi connectivity index (χ3v) is 5.50. The van der Waals surface area contributed by atoms with Gasteiger partial charge in [0.25, 0.3) is 10.0 Å². The number of aromatic nitrogens is 4. The Morgan fingerprint density at radius 2 is 1.74 bits per heavy atom. The van der Waals surface area contributed by atoms with Gasteiger partial charge in [-0.2, -0.15) is 5.10 Å². The molecule has 136 valence electrons. The molecule has 4 aromatic rings. The topological polar surface area (TPSA) is 89.8 Å². The highest BCUT2D eigenvalue weighted by Crippen LogP contribution is 2.22. The van der Waals surface area contributed by atoms with Crippen LogP contribution in [0.25, 0.3) is 22.3 Å². The molecule has 7 nitrogen and oxygen atoms in total. The van der Waals surface area contributed by atoms with Crippen LogP contribution in [-0.2, 0) is 16.6 Å². The molecule has 8 heteroatoms. The fourth-order valence-electron chi connectivity index (χ4n) is 2.79. The molecule has 27 heavy (non-hydrogen) atoms. The minimum atomic E-state index is -3.79. The predicted octanol–water partition coefficient (Wildman–Crippen LogP) is 3.31. The molecule has 1 N–H and O–H groups in total. The summed E-state index contributed by atoms with van der Waals surface area (Å²) in [5.41, 5.74) is 2.16. The molecule has 0 fully saturated rings. The van der Waals surface area contributed by atoms with E-state index in [0.717, 1.165) is 16.5 Å². The highest BCUT2D eigenvalue weighted by Gasteiger charge is 2.16. The molecule has 0 atom stereocenters. The summed E-state index contributed by atoms with van der Waals surface area (Å²) in [6, 6.07) is 14.7. The number of benzene rings is 2. The molecule has 0 spiro atoms. The zero-order valence-electron chi connectivity index (χ0n) is 14.6. The van der Waals surface area contributed by atoms with Crippen molar-refractivity contribution in [3.8, 4) is 11.4 Å². The van der Waals surface area contributed by atoms with Crippen molar-refractivity contribution in [3.63, 3.8) is 0 Å². The monoisotopic (exact) mass is 379 g/mol. The first kappa shape index (κ1) is 17.2. The Bertz CT molecular complexity index is 1190. The summed E-state index contributed by atoms with van der Waals surface area (Å²) in [6.07, 6.45) is 4.38. The molecule has 0 aliphatic heterocycles. The third kappa shape index (κ3) is 3.39. The smallest absolute Gasteiger partial charge is 0.264 e. The number of anilines is 1. The first-order valence-electron chi connectivity index (χ1n) is 8.43. The van der Waals surface area contributed by atoms with Gasteiger partial charge in [-0.15, -0.1) is 0 Å². The largest absolute Gasteiger partial charge is 0.279 e. The van der Waals surface area contributed by atoms with E-state index in [0.29, 0.717) is 18.1 Å². The molecule has 4 rings (SSSR count). The summed E-state index contributed by atoms with van der Waals surface area (Å²) in [6.45, 7) is 2.68. The molecule has 0 aliphatic rings. The predicted molar refractivity (Wildman–Crippen MR) is 104 cm³/mol. The minimum Gasteiger partial charge on any atom is -0.279 e. The van der Waals surface area contributed by atoms with Crippen LogP contribution in [0.3, 0.4) is 0 Å². The van der Waals surface area contributed by atoms with Gasteiger partial charge in [-0.3, -0.25) is 9.40 Å². The zero-order chi connectivity index (χ0) is 18.9. The first-order chi connectivity index (χ1) is 13.1. The van der Waals surface area contributed by atoms with E-state index < -0.39 is 10.0 Å². The number of nitrogens with one attached hydrogen (secondary N) is 1. The Labute approximate surface area is 156 Å². The van der Waals surface area contributed by atoms with Crippen LogP contribution >= 0.6 is 0 Å². The maximum absolute atomic E-state index is 12.7. The molecule has 0 saturated heterocycles. The van der Waals surface area contributed by atoms with Crippen molar-refractivity contribution >= 4 is 26.6 Å². The molecule has 2 aromatic heterocycles. The Morgan fingerprint density at radius 1 is 1.00 bits per heavy atom. The quantitative estimate of drug-likeness (QED) is 0.574. The first-order valence-corrected chi connectivity index (χ1v) is 9.91. The van der Waals surface area contributed by atoms with E-state index in [-0.39, 0.29) is 4.90 Å². The van der Waals surface area contributed by atoms with Crippen molar-refractivity contribution in [2.24, 2.45) is 0 Å². The van der Waals surface area contributed by atoms with E-state index in [4.69, 9.17) is 0 Å². The second kappa shape index (κ2) is 6.81. The van der Waals surface area contributed by atoms with Crippen molar-refractivity contribution in [2.45, 2.75) is 18.4 Å². The fraction of sp³-hybridized carbons (Fsp3) is 0.105. The number of fused-ring (bicyclic) bond motifs is 1. The minimum absolute atomic E-state index is 0.00581. The van der Waals surface area contributed by atoms with Gasteiger partial charge in [0.2, 0.25) is 0 Å². The van der Waals surface area contributed by atoms with Gasteiger partial charge in [0.05, 0.1) is 29.8 Å². The van der Waals surface area contributed by atoms with Crippen LogP contribution in [0.2, 0.25) is 0 Å². The maximum Gasteiger partial charge on any atom is 0.264 e. The van der Waals surface area contributed by atoms with Crippen LogP contribution in [0.15, 0.2) is 72.0 Å². The summed E-state index contributed by atoms with van der Waals surface area (Å²) in [7, 11) is -3.79. The van der Waals surface area contributed by atoms with Crippen LogP contribution in [0, 0.1) is 0 Å². The van der Waals surface area contributed by atoms with Gasteiger partial charge in [-0.05, 0) is 25.1 Å². The third-order valence-electron chi connectivity index (χ3n) is 4.17. The summed E-state index contributed by atoms with van der Waals surface area (Å²) in [5, 5.41) is 5.22. The van der Waals surface area contributed by atoms with Crippen LogP contribution < -0.4 is 4.72 Å². The number of hydrogen-bond donors (Lipinski definition) is 1. The molecule has 2 aromatic carbocycles. The molecule has 0 unspecified atom stereocenters. The molecule has 0 amide bonds. The van der Waals surface area contributed by atoms with Crippen LogP contribution in [0.4, 0.5) is 5.69 Å². The average Bonchev–Trinajstić information content (AvgIpc) is 3.11. The van der Waals surface area contributed by atoms with E-state index >= 15 is 0 Å². The summed E-state index contributed by atoms with van der Waals surface area (Å²) < 4.78 is 29.7. The van der Waals surface area contributed by atoms with Gasteiger partial charge in [0.15, 0.2) is 5.82 Å². The van der Waals surface area contributed by atoms with E-state index in [1.165, 1.54) is 12.4 Å². The van der Waals surface area contributed by atoms with E-state index in [2.05, 4.69) is 19.8 Å². The zero-order valence-corrected chi connectivity index (χ0v) is 15.4. The van der Waals surface area contributed by atoms with E-state index in [9.17, 15) is 8.42 Å². The number of nitrogens with zero attached hydrogens (tertiary/aromatic N) is 4. The fourth-order valence-corrected chi connectivity index (χ4v) is 3.73. The second-order valence-corrected chi connectivity index (χ2v) is 7.63. The Morgan fingerprint density at radius 3 is 2.44 bits per heavy atom. The summed E-state index contributed by atoms with van der Waals surface area (Å²) in [5.74, 6) is 0.475. The van der Waals surface area contributed by atoms with E-state index in [1.54, 1.807) is 18.3 Å². The molecule has 0 radical (unpaired) electrons. The van der Waals surface area contributed by atoms with Gasteiger partial charge < -0.3 is 0 Å². The number of hydrogen-bond acceptors (Lipinski definition) is 5. The van der Waals surface area contributed by atoms with E-state index in [1.807, 2.05) is 48.0 Å². The normalized spacial score (nSPS) is 11.6. The lowest BCUT2D eigenvalue weighted by molar-refractivity contribution is 0.600. The van der Waals surface area contributed by atoms with Gasteiger partial charge in [0.1, 0.15) is 4.90 Å². The standard InChI is InChI=1S/C19H17N5O2S/c1-2-24-18-10-16(9-8-15(18)11-22-24)23-27(25,26)17-12-20-19(21-13-17)14-6-4-3-5-7-14/h3-13,23H,2H2,1H3. The van der Waals surface area contributed by atoms with Crippen molar-refractivity contribution in [3.05, 3.63) is 67.1 Å². The van der Waals surface area contributed by atoms with Gasteiger partial charge >= 0.3 is 0 Å². The van der Waals surface area contributed by atoms with Crippen LogP contribution in [0.5, 0.6) is 0 Å². The SMILES string of the molecule is CCn1ncc2ccc(NS(=O)(=O)c3cnc(-c4ccccc4)nc3)cc21. The second-order valence-electron chi connectivity index (χ2n) is 5.95. The average molecular weight is 379 g/mol. The molecule has 0 saturated carbocycles. The molecule has 2 heterocycles. The lowest BCUT2D eigenvalue weighted by Crippen LogP contribution is -2.14. The molecular weight excluding hydrogens is 362 g/mol. The Hall–Kier alpha value is -3.26. The van der Waals surface area contributed by atoms with Gasteiger partial charge in [-0.25, -0.2) is 18.4 Å². The van der Waals surface area contributed by atoms with Gasteiger partial charge in [0, 0.05) is 17.5 Å². The highest BCUT2D eigenvalue weighted by molar-refractivity contribution is 7.92. The van der Waals surface area contributed by atoms with Crippen molar-refractivity contribution in [2.75, 3.05) is 4.72 Å². The lowest BCUT2D eigenvalue weighted by atomic mass is 10.2. The number of aryl methyl sites for hydroxylation is 1. The van der Waals surface area contributed by atoms with Crippen molar-refractivity contribution < 1.29 is 8.42 Å². The van der Waals surface area contributed by atoms with Crippen LogP contribution in [-0.4, -0.2) is 28.2 Å². The lowest BCUT2D eigenvalue weighted by Gasteiger charge is -2.09. The molecule has 0 bridgehead atoms. The Balaban J connectivity index is 1.62.